The second-order valence-corrected chi connectivity index (χ2v) is 3.89. The van der Waals surface area contributed by atoms with Crippen molar-refractivity contribution in [2.75, 3.05) is 0 Å². The van der Waals surface area contributed by atoms with E-state index in [1.807, 2.05) is 0 Å². The minimum atomic E-state index is -1.32. The Bertz CT molecular complexity index is 247. The Morgan fingerprint density at radius 2 is 2.07 bits per heavy atom. The molecular formula is C7H12N2O4S. The Morgan fingerprint density at radius 3 is 2.50 bits per heavy atom. The van der Waals surface area contributed by atoms with Crippen LogP contribution in [0.25, 0.3) is 0 Å². The number of amides is 2. The van der Waals surface area contributed by atoms with Crippen LogP contribution in [0.15, 0.2) is 4.99 Å². The molecule has 0 aliphatic carbocycles. The molecule has 2 N–H and O–H groups in total. The van der Waals surface area contributed by atoms with E-state index >= 15 is 0 Å². The van der Waals surface area contributed by atoms with Crippen molar-refractivity contribution in [2.24, 2.45) is 4.99 Å². The quantitative estimate of drug-likeness (QED) is 0.421. The summed E-state index contributed by atoms with van der Waals surface area (Å²) in [7, 11) is 0. The average molecular weight is 220 g/mol. The predicted octanol–water partition coefficient (Wildman–Crippen LogP) is 1.87. The van der Waals surface area contributed by atoms with Crippen molar-refractivity contribution in [3.63, 3.8) is 0 Å². The van der Waals surface area contributed by atoms with Gasteiger partial charge in [-0.3, -0.25) is 4.72 Å². The molecule has 0 aromatic heterocycles. The number of carbonyl (C=O) groups excluding carboxylic acids is 1. The minimum absolute atomic E-state index is 0.575. The second-order valence-electron chi connectivity index (χ2n) is 3.24. The van der Waals surface area contributed by atoms with Crippen LogP contribution in [-0.4, -0.2) is 28.4 Å². The summed E-state index contributed by atoms with van der Waals surface area (Å²) < 4.78 is 7.10. The van der Waals surface area contributed by atoms with E-state index in [2.05, 4.69) is 9.71 Å². The first kappa shape index (κ1) is 12.8. The van der Waals surface area contributed by atoms with Gasteiger partial charge in [-0.15, -0.1) is 0 Å². The van der Waals surface area contributed by atoms with Crippen LogP contribution in [-0.2, 0) is 4.74 Å². The number of ether oxygens (including phenoxy) is 1. The van der Waals surface area contributed by atoms with Gasteiger partial charge in [0.05, 0.1) is 5.55 Å². The van der Waals surface area contributed by atoms with Crippen molar-refractivity contribution in [1.29, 1.82) is 0 Å². The summed E-state index contributed by atoms with van der Waals surface area (Å²) in [6.07, 6.45) is -1.96. The van der Waals surface area contributed by atoms with Crippen LogP contribution in [0.4, 0.5) is 9.59 Å². The molecule has 0 aromatic carbocycles. The van der Waals surface area contributed by atoms with Gasteiger partial charge in [0.1, 0.15) is 5.60 Å². The van der Waals surface area contributed by atoms with E-state index in [9.17, 15) is 9.59 Å². The maximum absolute atomic E-state index is 10.9. The van der Waals surface area contributed by atoms with Crippen LogP contribution >= 0.6 is 11.9 Å². The molecule has 0 aliphatic heterocycles. The number of hydrogen-bond donors (Lipinski definition) is 2. The van der Waals surface area contributed by atoms with E-state index in [0.717, 1.165) is 17.5 Å². The lowest BCUT2D eigenvalue weighted by molar-refractivity contribution is 0.0575. The third kappa shape index (κ3) is 8.85. The molecule has 6 nitrogen and oxygen atoms in total. The lowest BCUT2D eigenvalue weighted by Gasteiger charge is -2.18. The fraction of sp³-hybridized carbons (Fsp3) is 0.571. The Hall–Kier alpha value is -1.24. The van der Waals surface area contributed by atoms with E-state index in [4.69, 9.17) is 9.84 Å². The zero-order valence-corrected chi connectivity index (χ0v) is 8.92. The molecule has 0 fully saturated rings. The highest BCUT2D eigenvalue weighted by Gasteiger charge is 2.15. The van der Waals surface area contributed by atoms with Crippen LogP contribution in [0.2, 0.25) is 0 Å². The van der Waals surface area contributed by atoms with Crippen molar-refractivity contribution < 1.29 is 19.4 Å². The summed E-state index contributed by atoms with van der Waals surface area (Å²) in [4.78, 5) is 23.8. The average Bonchev–Trinajstić information content (AvgIpc) is 1.94. The summed E-state index contributed by atoms with van der Waals surface area (Å²) >= 11 is 0.733. The van der Waals surface area contributed by atoms with Crippen LogP contribution in [0, 0.1) is 0 Å². The molecule has 0 rings (SSSR count). The summed E-state index contributed by atoms with van der Waals surface area (Å²) in [5.74, 6) is 0. The number of rotatable bonds is 2. The van der Waals surface area contributed by atoms with Crippen LogP contribution in [0.1, 0.15) is 20.8 Å². The van der Waals surface area contributed by atoms with Crippen molar-refractivity contribution in [3.05, 3.63) is 0 Å². The van der Waals surface area contributed by atoms with Gasteiger partial charge in [-0.25, -0.2) is 9.59 Å². The van der Waals surface area contributed by atoms with Crippen molar-refractivity contribution in [3.8, 4) is 0 Å². The molecule has 0 unspecified atom stereocenters. The fourth-order valence-electron chi connectivity index (χ4n) is 0.445. The van der Waals surface area contributed by atoms with Crippen molar-refractivity contribution in [1.82, 2.24) is 4.72 Å². The molecule has 7 heteroatoms. The molecule has 0 aromatic rings. The van der Waals surface area contributed by atoms with Gasteiger partial charge in [0.15, 0.2) is 0 Å². The molecule has 0 saturated heterocycles. The first-order valence-electron chi connectivity index (χ1n) is 3.71. The number of nitrogens with one attached hydrogen (secondary N) is 1. The van der Waals surface area contributed by atoms with Gasteiger partial charge in [-0.2, -0.15) is 4.99 Å². The Morgan fingerprint density at radius 1 is 1.50 bits per heavy atom. The normalized spacial score (nSPS) is 11.4. The topological polar surface area (TPSA) is 88.0 Å². The number of aliphatic imine (C=N–C) groups is 1. The van der Waals surface area contributed by atoms with Gasteiger partial charge < -0.3 is 9.84 Å². The number of nitrogens with zero attached hydrogens (tertiary/aromatic N) is 1. The molecule has 0 aliphatic rings. The van der Waals surface area contributed by atoms with Crippen molar-refractivity contribution in [2.45, 2.75) is 26.4 Å². The number of hydrogen-bond acceptors (Lipinski definition) is 4. The second kappa shape index (κ2) is 5.48. The minimum Gasteiger partial charge on any atom is -0.463 e. The summed E-state index contributed by atoms with van der Waals surface area (Å²) in [6, 6.07) is 0. The van der Waals surface area contributed by atoms with E-state index in [-0.39, 0.29) is 0 Å². The molecule has 2 amide bonds. The Labute approximate surface area is 85.9 Å². The lowest BCUT2D eigenvalue weighted by atomic mass is 10.2. The van der Waals surface area contributed by atoms with Crippen LogP contribution < -0.4 is 4.72 Å². The van der Waals surface area contributed by atoms with Gasteiger partial charge in [-0.05, 0) is 20.8 Å². The maximum atomic E-state index is 10.9. The van der Waals surface area contributed by atoms with Crippen LogP contribution in [0.3, 0.4) is 0 Å². The van der Waals surface area contributed by atoms with Crippen LogP contribution in [0.5, 0.6) is 0 Å². The SMILES string of the molecule is CC(C)(C)OC(=O)NSC=NC(=O)O. The van der Waals surface area contributed by atoms with Crippen molar-refractivity contribution >= 4 is 29.7 Å². The van der Waals surface area contributed by atoms with E-state index < -0.39 is 17.8 Å². The standard InChI is InChI=1S/C7H12N2O4S/c1-7(2,3)13-6(12)9-14-4-8-5(10)11/h4H,1-3H3,(H,9,12)(H,10,11). The molecule has 0 radical (unpaired) electrons. The first-order chi connectivity index (χ1) is 6.31. The number of carboxylic acid groups (broad SMARTS) is 1. The largest absolute Gasteiger partial charge is 0.463 e. The maximum Gasteiger partial charge on any atom is 0.431 e. The third-order valence-electron chi connectivity index (χ3n) is 0.757. The molecular weight excluding hydrogens is 208 g/mol. The van der Waals surface area contributed by atoms with Gasteiger partial charge in [-0.1, -0.05) is 0 Å². The molecule has 0 saturated carbocycles. The summed E-state index contributed by atoms with van der Waals surface area (Å²) in [6.45, 7) is 5.17. The van der Waals surface area contributed by atoms with E-state index in [1.165, 1.54) is 0 Å². The molecule has 14 heavy (non-hydrogen) atoms. The zero-order chi connectivity index (χ0) is 11.2. The number of carbonyl (C=O) groups is 2. The van der Waals surface area contributed by atoms with Gasteiger partial charge in [0.25, 0.3) is 0 Å². The van der Waals surface area contributed by atoms with Gasteiger partial charge in [0.2, 0.25) is 0 Å². The highest BCUT2D eigenvalue weighted by molar-refractivity contribution is 8.10. The Balaban J connectivity index is 3.71. The monoisotopic (exact) mass is 220 g/mol. The summed E-state index contributed by atoms with van der Waals surface area (Å²) in [5, 5.41) is 8.11. The predicted molar refractivity (Wildman–Crippen MR) is 53.5 cm³/mol. The Kier molecular flexibility index (Phi) is 5.00. The first-order valence-corrected chi connectivity index (χ1v) is 4.59. The molecule has 0 heterocycles. The summed E-state index contributed by atoms with van der Waals surface area (Å²) in [5.41, 5.74) is 0.417. The molecule has 80 valence electrons. The highest BCUT2D eigenvalue weighted by atomic mass is 32.2. The van der Waals surface area contributed by atoms with E-state index in [0.29, 0.717) is 0 Å². The third-order valence-corrected chi connectivity index (χ3v) is 1.25. The fourth-order valence-corrected chi connectivity index (χ4v) is 0.778. The lowest BCUT2D eigenvalue weighted by Crippen LogP contribution is -2.29. The molecule has 0 spiro atoms. The van der Waals surface area contributed by atoms with E-state index in [1.54, 1.807) is 20.8 Å². The molecule has 0 atom stereocenters. The van der Waals surface area contributed by atoms with Gasteiger partial charge >= 0.3 is 12.2 Å². The molecule has 0 bridgehead atoms. The highest BCUT2D eigenvalue weighted by Crippen LogP contribution is 2.07. The van der Waals surface area contributed by atoms with Gasteiger partial charge in [0, 0.05) is 11.9 Å². The zero-order valence-electron chi connectivity index (χ0n) is 8.10. The smallest absolute Gasteiger partial charge is 0.431 e.